The van der Waals surface area contributed by atoms with E-state index >= 15 is 0 Å². The second-order valence-corrected chi connectivity index (χ2v) is 6.39. The fourth-order valence-electron chi connectivity index (χ4n) is 2.05. The number of aliphatic hydroxyl groups is 1. The molecule has 0 aliphatic rings. The number of aliphatic hydroxyl groups excluding tert-OH is 1. The predicted octanol–water partition coefficient (Wildman–Crippen LogP) is 1.86. The fraction of sp³-hybridized carbons (Fsp3) is 0.188. The molecule has 2 N–H and O–H groups in total. The molecule has 5 nitrogen and oxygen atoms in total. The van der Waals surface area contributed by atoms with Gasteiger partial charge in [0.1, 0.15) is 0 Å². The molecule has 0 radical (unpaired) electrons. The van der Waals surface area contributed by atoms with Crippen molar-refractivity contribution in [3.8, 4) is 0 Å². The number of hydrogen-bond donors (Lipinski definition) is 2. The van der Waals surface area contributed by atoms with Crippen LogP contribution >= 0.6 is 0 Å². The number of benzene rings is 2. The van der Waals surface area contributed by atoms with Crippen molar-refractivity contribution in [3.05, 3.63) is 71.3 Å². The zero-order valence-corrected chi connectivity index (χ0v) is 12.5. The summed E-state index contributed by atoms with van der Waals surface area (Å²) in [4.78, 5) is 11.7. The van der Waals surface area contributed by atoms with Crippen molar-refractivity contribution in [2.45, 2.75) is 18.3 Å². The first-order chi connectivity index (χ1) is 10.4. The molecule has 2 aromatic rings. The molecule has 1 atom stereocenters. The number of carbonyl (C=O) groups excluding carboxylic acids is 1. The van der Waals surface area contributed by atoms with Crippen LogP contribution in [0.25, 0.3) is 0 Å². The Kier molecular flexibility index (Phi) is 5.07. The molecule has 1 unspecified atom stereocenters. The van der Waals surface area contributed by atoms with E-state index in [9.17, 15) is 18.3 Å². The number of rotatable bonds is 6. The van der Waals surface area contributed by atoms with Crippen LogP contribution in [-0.4, -0.2) is 29.3 Å². The van der Waals surface area contributed by atoms with Gasteiger partial charge in [-0.2, -0.15) is 8.42 Å². The number of Topliss-reactive ketones (excluding diaryl/α,β-unsaturated/α-hetero) is 1. The summed E-state index contributed by atoms with van der Waals surface area (Å²) in [5.74, 6) is -1.04. The molecule has 6 heteroatoms. The molecule has 116 valence electrons. The number of carbonyl (C=O) groups is 1. The van der Waals surface area contributed by atoms with Crippen LogP contribution in [0.5, 0.6) is 0 Å². The molecule has 22 heavy (non-hydrogen) atoms. The maximum Gasteiger partial charge on any atom is 0.299 e. The van der Waals surface area contributed by atoms with Crippen LogP contribution in [0.15, 0.2) is 54.6 Å². The van der Waals surface area contributed by atoms with Gasteiger partial charge in [-0.05, 0) is 24.0 Å². The van der Waals surface area contributed by atoms with E-state index in [2.05, 4.69) is 0 Å². The molecule has 0 fully saturated rings. The average Bonchev–Trinajstić information content (AvgIpc) is 2.52. The maximum absolute atomic E-state index is 11.7. The van der Waals surface area contributed by atoms with Gasteiger partial charge in [-0.3, -0.25) is 9.35 Å². The van der Waals surface area contributed by atoms with Gasteiger partial charge in [-0.15, -0.1) is 0 Å². The van der Waals surface area contributed by atoms with Crippen LogP contribution in [0.1, 0.15) is 21.5 Å². The minimum absolute atomic E-state index is 0.0357. The molecular weight excluding hydrogens is 304 g/mol. The first-order valence-corrected chi connectivity index (χ1v) is 8.19. The Hall–Kier alpha value is -2.02. The highest BCUT2D eigenvalue weighted by Crippen LogP contribution is 2.12. The maximum atomic E-state index is 11.7. The summed E-state index contributed by atoms with van der Waals surface area (Å²) in [5.41, 5.74) is -0.220. The van der Waals surface area contributed by atoms with Gasteiger partial charge in [0.2, 0.25) is 11.2 Å². The molecule has 0 saturated carbocycles. The summed E-state index contributed by atoms with van der Waals surface area (Å²) in [6, 6.07) is 16.2. The van der Waals surface area contributed by atoms with Crippen LogP contribution in [0.2, 0.25) is 0 Å². The van der Waals surface area contributed by atoms with E-state index < -0.39 is 21.3 Å². The molecule has 0 spiro atoms. The van der Waals surface area contributed by atoms with E-state index in [1.807, 2.05) is 30.3 Å². The Morgan fingerprint density at radius 1 is 0.909 bits per heavy atom. The number of hydrogen-bond acceptors (Lipinski definition) is 4. The van der Waals surface area contributed by atoms with E-state index in [1.165, 1.54) is 17.7 Å². The number of ketones is 1. The summed E-state index contributed by atoms with van der Waals surface area (Å²) in [6.07, 6.45) is 1.63. The SMILES string of the molecule is O=C(c1ccc(CCc2ccccc2)cc1)C(O)S(=O)(=O)O. The van der Waals surface area contributed by atoms with Gasteiger partial charge in [0, 0.05) is 5.56 Å². The van der Waals surface area contributed by atoms with Crippen molar-refractivity contribution < 1.29 is 22.9 Å². The van der Waals surface area contributed by atoms with Gasteiger partial charge < -0.3 is 5.11 Å². The summed E-state index contributed by atoms with van der Waals surface area (Å²) in [7, 11) is -4.80. The van der Waals surface area contributed by atoms with Gasteiger partial charge in [-0.1, -0.05) is 54.6 Å². The lowest BCUT2D eigenvalue weighted by molar-refractivity contribution is 0.0848. The van der Waals surface area contributed by atoms with E-state index in [0.29, 0.717) is 0 Å². The van der Waals surface area contributed by atoms with Gasteiger partial charge in [0.25, 0.3) is 10.1 Å². The van der Waals surface area contributed by atoms with Gasteiger partial charge in [-0.25, -0.2) is 0 Å². The van der Waals surface area contributed by atoms with Crippen LogP contribution in [0, 0.1) is 0 Å². The van der Waals surface area contributed by atoms with Crippen LogP contribution in [-0.2, 0) is 23.0 Å². The quantitative estimate of drug-likeness (QED) is 0.626. The molecule has 2 aromatic carbocycles. The summed E-state index contributed by atoms with van der Waals surface area (Å²) >= 11 is 0. The Morgan fingerprint density at radius 3 is 1.91 bits per heavy atom. The standard InChI is InChI=1S/C16H16O5S/c17-15(16(18)22(19,20)21)14-10-8-13(9-11-14)7-6-12-4-2-1-3-5-12/h1-5,8-11,16,18H,6-7H2,(H,19,20,21). The molecule has 0 saturated heterocycles. The zero-order chi connectivity index (χ0) is 16.2. The molecule has 0 bridgehead atoms. The lowest BCUT2D eigenvalue weighted by atomic mass is 10.0. The van der Waals surface area contributed by atoms with Crippen LogP contribution < -0.4 is 0 Å². The van der Waals surface area contributed by atoms with Gasteiger partial charge in [0.15, 0.2) is 0 Å². The molecule has 0 aliphatic carbocycles. The van der Waals surface area contributed by atoms with Crippen molar-refractivity contribution in [3.63, 3.8) is 0 Å². The highest BCUT2D eigenvalue weighted by molar-refractivity contribution is 7.87. The number of aryl methyl sites for hydroxylation is 2. The molecule has 0 aromatic heterocycles. The third kappa shape index (κ3) is 4.24. The Labute approximate surface area is 129 Å². The Bertz CT molecular complexity index is 736. The van der Waals surface area contributed by atoms with E-state index in [0.717, 1.165) is 18.4 Å². The lowest BCUT2D eigenvalue weighted by Gasteiger charge is -2.07. The minimum atomic E-state index is -4.80. The van der Waals surface area contributed by atoms with Crippen LogP contribution in [0.3, 0.4) is 0 Å². The molecular formula is C16H16O5S. The predicted molar refractivity (Wildman–Crippen MR) is 82.2 cm³/mol. The van der Waals surface area contributed by atoms with Crippen molar-refractivity contribution in [1.29, 1.82) is 0 Å². The summed E-state index contributed by atoms with van der Waals surface area (Å²) < 4.78 is 30.2. The summed E-state index contributed by atoms with van der Waals surface area (Å²) in [5, 5.41) is 9.24. The average molecular weight is 320 g/mol. The highest BCUT2D eigenvalue weighted by atomic mass is 32.2. The molecule has 2 rings (SSSR count). The molecule has 0 amide bonds. The molecule has 0 heterocycles. The fourth-order valence-corrected chi connectivity index (χ4v) is 2.45. The second kappa shape index (κ2) is 6.83. The summed E-state index contributed by atoms with van der Waals surface area (Å²) in [6.45, 7) is 0. The second-order valence-electron chi connectivity index (χ2n) is 4.91. The van der Waals surface area contributed by atoms with E-state index in [-0.39, 0.29) is 5.56 Å². The van der Waals surface area contributed by atoms with E-state index in [1.54, 1.807) is 12.1 Å². The van der Waals surface area contributed by atoms with Crippen LogP contribution in [0.4, 0.5) is 0 Å². The van der Waals surface area contributed by atoms with Crippen molar-refractivity contribution in [2.24, 2.45) is 0 Å². The minimum Gasteiger partial charge on any atom is -0.369 e. The van der Waals surface area contributed by atoms with Crippen molar-refractivity contribution in [2.75, 3.05) is 0 Å². The zero-order valence-electron chi connectivity index (χ0n) is 11.7. The monoisotopic (exact) mass is 320 g/mol. The van der Waals surface area contributed by atoms with Crippen molar-refractivity contribution in [1.82, 2.24) is 0 Å². The van der Waals surface area contributed by atoms with Gasteiger partial charge >= 0.3 is 0 Å². The Morgan fingerprint density at radius 2 is 1.41 bits per heavy atom. The highest BCUT2D eigenvalue weighted by Gasteiger charge is 2.28. The largest absolute Gasteiger partial charge is 0.369 e. The molecule has 0 aliphatic heterocycles. The lowest BCUT2D eigenvalue weighted by Crippen LogP contribution is -2.29. The van der Waals surface area contributed by atoms with Crippen molar-refractivity contribution >= 4 is 15.9 Å². The normalized spacial score (nSPS) is 12.8. The Balaban J connectivity index is 2.03. The topological polar surface area (TPSA) is 91.7 Å². The third-order valence-corrected chi connectivity index (χ3v) is 4.07. The van der Waals surface area contributed by atoms with Gasteiger partial charge in [0.05, 0.1) is 0 Å². The van der Waals surface area contributed by atoms with E-state index in [4.69, 9.17) is 4.55 Å². The first-order valence-electron chi connectivity index (χ1n) is 6.69. The first kappa shape index (κ1) is 16.4. The smallest absolute Gasteiger partial charge is 0.299 e. The third-order valence-electron chi connectivity index (χ3n) is 3.29.